The highest BCUT2D eigenvalue weighted by Gasteiger charge is 2.32. The molecule has 12 aromatic rings. The Morgan fingerprint density at radius 3 is 1.25 bits per heavy atom. The van der Waals surface area contributed by atoms with Crippen LogP contribution in [0, 0.1) is 0 Å². The SMILES string of the molecule is c1ccc(-c2nc(-c3ccccc3)nc(-c3cc(-n4c5ccccc5c5ncccc54)c(N4c5ccccc5Sc5ccccc54)c(-n4c5ccccc5c5ncccc54)c3)n2)cc1. The van der Waals surface area contributed by atoms with Crippen LogP contribution in [0.2, 0.25) is 0 Å². The van der Waals surface area contributed by atoms with Crippen LogP contribution < -0.4 is 4.90 Å². The molecule has 13 rings (SSSR count). The monoisotopic (exact) mass is 838 g/mol. The maximum Gasteiger partial charge on any atom is 0.164 e. The molecule has 1 aliphatic rings. The molecule has 0 spiro atoms. The van der Waals surface area contributed by atoms with Crippen molar-refractivity contribution in [1.29, 1.82) is 0 Å². The lowest BCUT2D eigenvalue weighted by atomic mass is 10.0. The van der Waals surface area contributed by atoms with Gasteiger partial charge in [0.15, 0.2) is 17.5 Å². The average molecular weight is 839 g/mol. The van der Waals surface area contributed by atoms with Crippen LogP contribution in [0.25, 0.3) is 89.4 Å². The van der Waals surface area contributed by atoms with E-state index in [1.807, 2.05) is 85.2 Å². The number of hydrogen-bond acceptors (Lipinski definition) is 7. The maximum atomic E-state index is 5.33. The first-order valence-corrected chi connectivity index (χ1v) is 22.0. The lowest BCUT2D eigenvalue weighted by Crippen LogP contribution is -2.19. The van der Waals surface area contributed by atoms with Crippen molar-refractivity contribution in [3.63, 3.8) is 0 Å². The zero-order valence-electron chi connectivity index (χ0n) is 34.1. The second-order valence-electron chi connectivity index (χ2n) is 15.7. The highest BCUT2D eigenvalue weighted by atomic mass is 32.2. The number of fused-ring (bicyclic) bond motifs is 8. The number of hydrogen-bond donors (Lipinski definition) is 0. The molecule has 0 bridgehead atoms. The van der Waals surface area contributed by atoms with Crippen LogP contribution in [0.3, 0.4) is 0 Å². The molecule has 0 amide bonds. The third-order valence-electron chi connectivity index (χ3n) is 12.0. The second kappa shape index (κ2) is 14.6. The summed E-state index contributed by atoms with van der Waals surface area (Å²) in [6.07, 6.45) is 3.75. The quantitative estimate of drug-likeness (QED) is 0.165. The Morgan fingerprint density at radius 2 is 0.750 bits per heavy atom. The van der Waals surface area contributed by atoms with Gasteiger partial charge in [0.25, 0.3) is 0 Å². The Balaban J connectivity index is 1.24. The number of benzene rings is 7. The van der Waals surface area contributed by atoms with Gasteiger partial charge < -0.3 is 14.0 Å². The van der Waals surface area contributed by atoms with E-state index in [2.05, 4.69) is 135 Å². The molecule has 0 atom stereocenters. The van der Waals surface area contributed by atoms with Gasteiger partial charge in [-0.2, -0.15) is 0 Å². The van der Waals surface area contributed by atoms with E-state index in [-0.39, 0.29) is 0 Å². The third kappa shape index (κ3) is 5.68. The van der Waals surface area contributed by atoms with Crippen molar-refractivity contribution in [3.8, 4) is 45.5 Å². The zero-order valence-corrected chi connectivity index (χ0v) is 34.9. The normalized spacial score (nSPS) is 12.3. The summed E-state index contributed by atoms with van der Waals surface area (Å²) in [5, 5.41) is 2.12. The van der Waals surface area contributed by atoms with Crippen molar-refractivity contribution in [2.45, 2.75) is 9.79 Å². The van der Waals surface area contributed by atoms with E-state index >= 15 is 0 Å². The zero-order chi connectivity index (χ0) is 42.1. The predicted molar refractivity (Wildman–Crippen MR) is 259 cm³/mol. The van der Waals surface area contributed by atoms with Crippen molar-refractivity contribution < 1.29 is 0 Å². The van der Waals surface area contributed by atoms with Gasteiger partial charge in [-0.3, -0.25) is 9.97 Å². The third-order valence-corrected chi connectivity index (χ3v) is 13.1. The van der Waals surface area contributed by atoms with E-state index in [1.54, 1.807) is 11.8 Å². The molecule has 300 valence electrons. The highest BCUT2D eigenvalue weighted by molar-refractivity contribution is 7.99. The molecule has 0 saturated heterocycles. The van der Waals surface area contributed by atoms with Gasteiger partial charge in [0.05, 0.1) is 61.5 Å². The van der Waals surface area contributed by atoms with E-state index in [9.17, 15) is 0 Å². The molecule has 0 saturated carbocycles. The Kier molecular flexibility index (Phi) is 8.28. The maximum absolute atomic E-state index is 5.33. The molecule has 7 aromatic carbocycles. The minimum atomic E-state index is 0.551. The number of rotatable bonds is 6. The van der Waals surface area contributed by atoms with Crippen LogP contribution in [0.4, 0.5) is 17.1 Å². The summed E-state index contributed by atoms with van der Waals surface area (Å²) in [6, 6.07) is 67.7. The Labute approximate surface area is 371 Å². The number of anilines is 3. The van der Waals surface area contributed by atoms with Crippen molar-refractivity contribution in [2.24, 2.45) is 0 Å². The molecule has 6 heterocycles. The van der Waals surface area contributed by atoms with Crippen LogP contribution in [0.15, 0.2) is 216 Å². The van der Waals surface area contributed by atoms with E-state index < -0.39 is 0 Å². The lowest BCUT2D eigenvalue weighted by Gasteiger charge is -2.36. The Morgan fingerprint density at radius 1 is 0.344 bits per heavy atom. The standard InChI is InChI=1S/C55H34N8S/c1-3-17-35(18-4-1)53-58-54(36-19-5-2-6-20-36)60-55(59-53)37-33-46(61-40-23-9-7-21-38(40)50-44(61)27-15-31-56-50)52(63-42-25-11-13-29-48(42)64-49-30-14-12-26-43(49)63)47(34-37)62-41-24-10-8-22-39(41)51-45(62)28-16-32-57-51/h1-34H. The fraction of sp³-hybridized carbons (Fsp3) is 0. The summed E-state index contributed by atoms with van der Waals surface area (Å²) in [5.74, 6) is 1.74. The van der Waals surface area contributed by atoms with Crippen molar-refractivity contribution in [1.82, 2.24) is 34.1 Å². The molecule has 0 fully saturated rings. The van der Waals surface area contributed by atoms with Gasteiger partial charge in [0, 0.05) is 49.6 Å². The second-order valence-corrected chi connectivity index (χ2v) is 16.8. The molecule has 1 aliphatic heterocycles. The molecule has 8 nitrogen and oxygen atoms in total. The molecule has 0 unspecified atom stereocenters. The van der Waals surface area contributed by atoms with Crippen molar-refractivity contribution in [3.05, 3.63) is 207 Å². The first-order valence-electron chi connectivity index (χ1n) is 21.2. The van der Waals surface area contributed by atoms with Crippen LogP contribution in [-0.2, 0) is 0 Å². The minimum absolute atomic E-state index is 0.551. The minimum Gasteiger partial charge on any atom is -0.305 e. The molecular formula is C55H34N8S. The molecule has 5 aromatic heterocycles. The van der Waals surface area contributed by atoms with Crippen LogP contribution >= 0.6 is 11.8 Å². The largest absolute Gasteiger partial charge is 0.305 e. The fourth-order valence-corrected chi connectivity index (χ4v) is 10.3. The van der Waals surface area contributed by atoms with Crippen molar-refractivity contribution >= 4 is 72.7 Å². The van der Waals surface area contributed by atoms with Gasteiger partial charge in [-0.15, -0.1) is 0 Å². The summed E-state index contributed by atoms with van der Waals surface area (Å²) < 4.78 is 4.74. The summed E-state index contributed by atoms with van der Waals surface area (Å²) in [5.41, 5.74) is 13.5. The van der Waals surface area contributed by atoms with Gasteiger partial charge in [0.1, 0.15) is 0 Å². The van der Waals surface area contributed by atoms with Gasteiger partial charge in [-0.05, 0) is 72.8 Å². The fourth-order valence-electron chi connectivity index (χ4n) is 9.27. The highest BCUT2D eigenvalue weighted by Crippen LogP contribution is 2.55. The smallest absolute Gasteiger partial charge is 0.164 e. The van der Waals surface area contributed by atoms with Crippen LogP contribution in [0.5, 0.6) is 0 Å². The van der Waals surface area contributed by atoms with Gasteiger partial charge in [-0.1, -0.05) is 133 Å². The van der Waals surface area contributed by atoms with Gasteiger partial charge >= 0.3 is 0 Å². The van der Waals surface area contributed by atoms with Gasteiger partial charge in [-0.25, -0.2) is 15.0 Å². The number of para-hydroxylation sites is 4. The van der Waals surface area contributed by atoms with E-state index in [4.69, 9.17) is 24.9 Å². The first kappa shape index (κ1) is 36.3. The Bertz CT molecular complexity index is 3440. The molecule has 64 heavy (non-hydrogen) atoms. The molecule has 0 N–H and O–H groups in total. The van der Waals surface area contributed by atoms with Crippen molar-refractivity contribution in [2.75, 3.05) is 4.90 Å². The summed E-state index contributed by atoms with van der Waals surface area (Å²) in [7, 11) is 0. The molecular weight excluding hydrogens is 805 g/mol. The number of aromatic nitrogens is 7. The summed E-state index contributed by atoms with van der Waals surface area (Å²) in [6.45, 7) is 0. The van der Waals surface area contributed by atoms with E-state index in [0.717, 1.165) is 98.8 Å². The molecule has 9 heteroatoms. The summed E-state index contributed by atoms with van der Waals surface area (Å²) in [4.78, 5) is 30.5. The lowest BCUT2D eigenvalue weighted by molar-refractivity contribution is 1.06. The van der Waals surface area contributed by atoms with E-state index in [0.29, 0.717) is 17.5 Å². The number of nitrogens with zero attached hydrogens (tertiary/aromatic N) is 8. The topological polar surface area (TPSA) is 77.5 Å². The molecule has 0 aliphatic carbocycles. The average Bonchev–Trinajstić information content (AvgIpc) is 3.89. The van der Waals surface area contributed by atoms with Crippen LogP contribution in [-0.4, -0.2) is 34.1 Å². The number of pyridine rings is 2. The van der Waals surface area contributed by atoms with Gasteiger partial charge in [0.2, 0.25) is 0 Å². The van der Waals surface area contributed by atoms with E-state index in [1.165, 1.54) is 0 Å². The first-order chi connectivity index (χ1) is 31.8. The predicted octanol–water partition coefficient (Wildman–Crippen LogP) is 13.8. The van der Waals surface area contributed by atoms with Crippen LogP contribution in [0.1, 0.15) is 0 Å². The molecule has 0 radical (unpaired) electrons. The Hall–Kier alpha value is -8.40. The summed E-state index contributed by atoms with van der Waals surface area (Å²) >= 11 is 1.79.